The average molecular weight is 356 g/mol. The third-order valence-corrected chi connectivity index (χ3v) is 3.70. The molecule has 0 aliphatic carbocycles. The summed E-state index contributed by atoms with van der Waals surface area (Å²) in [5, 5.41) is 5.11. The molecule has 26 heavy (non-hydrogen) atoms. The Morgan fingerprint density at radius 2 is 1.73 bits per heavy atom. The van der Waals surface area contributed by atoms with Gasteiger partial charge >= 0.3 is 6.09 Å². The number of rotatable bonds is 6. The van der Waals surface area contributed by atoms with Gasteiger partial charge in [-0.1, -0.05) is 42.5 Å². The van der Waals surface area contributed by atoms with Crippen LogP contribution in [-0.2, 0) is 16.1 Å². The maximum Gasteiger partial charge on any atom is 0.407 e. The lowest BCUT2D eigenvalue weighted by molar-refractivity contribution is -0.120. The number of nitrogens with one attached hydrogen (secondary N) is 2. The SMILES string of the molecule is O=C(CNC(=O)OCc1ccccc1)NCC1COc2ccccc2O1. The van der Waals surface area contributed by atoms with Crippen molar-refractivity contribution in [3.63, 3.8) is 0 Å². The van der Waals surface area contributed by atoms with Crippen LogP contribution in [0.5, 0.6) is 11.5 Å². The standard InChI is InChI=1S/C19H20N2O5/c22-18(11-21-19(23)25-12-14-6-2-1-3-7-14)20-10-15-13-24-16-8-4-5-9-17(16)26-15/h1-9,15H,10-13H2,(H,20,22)(H,21,23). The quantitative estimate of drug-likeness (QED) is 0.825. The van der Waals surface area contributed by atoms with Gasteiger partial charge in [0.05, 0.1) is 13.1 Å². The van der Waals surface area contributed by atoms with E-state index in [0.29, 0.717) is 18.1 Å². The molecule has 1 heterocycles. The molecule has 0 saturated carbocycles. The van der Waals surface area contributed by atoms with E-state index >= 15 is 0 Å². The van der Waals surface area contributed by atoms with Crippen LogP contribution in [0, 0.1) is 0 Å². The number of hydrogen-bond donors (Lipinski definition) is 2. The van der Waals surface area contributed by atoms with Crippen LogP contribution in [0.15, 0.2) is 54.6 Å². The summed E-state index contributed by atoms with van der Waals surface area (Å²) in [4.78, 5) is 23.4. The van der Waals surface area contributed by atoms with E-state index in [2.05, 4.69) is 10.6 Å². The number of ether oxygens (including phenoxy) is 3. The predicted octanol–water partition coefficient (Wildman–Crippen LogP) is 1.87. The first-order valence-electron chi connectivity index (χ1n) is 8.30. The van der Waals surface area contributed by atoms with Gasteiger partial charge in [0.1, 0.15) is 19.3 Å². The zero-order chi connectivity index (χ0) is 18.2. The van der Waals surface area contributed by atoms with Crippen LogP contribution < -0.4 is 20.1 Å². The summed E-state index contributed by atoms with van der Waals surface area (Å²) in [6.45, 7) is 0.622. The van der Waals surface area contributed by atoms with Gasteiger partial charge in [0.15, 0.2) is 11.5 Å². The summed E-state index contributed by atoms with van der Waals surface area (Å²) in [6.07, 6.45) is -0.922. The molecule has 2 amide bonds. The molecule has 0 bridgehead atoms. The van der Waals surface area contributed by atoms with Gasteiger partial charge in [-0.25, -0.2) is 4.79 Å². The van der Waals surface area contributed by atoms with Crippen LogP contribution in [0.2, 0.25) is 0 Å². The molecular formula is C19H20N2O5. The minimum Gasteiger partial charge on any atom is -0.486 e. The normalized spacial score (nSPS) is 15.0. The zero-order valence-corrected chi connectivity index (χ0v) is 14.1. The van der Waals surface area contributed by atoms with Crippen molar-refractivity contribution >= 4 is 12.0 Å². The van der Waals surface area contributed by atoms with Crippen molar-refractivity contribution in [2.45, 2.75) is 12.7 Å². The van der Waals surface area contributed by atoms with Crippen LogP contribution in [0.1, 0.15) is 5.56 Å². The highest BCUT2D eigenvalue weighted by Crippen LogP contribution is 2.30. The molecule has 1 aliphatic rings. The molecule has 1 atom stereocenters. The fourth-order valence-electron chi connectivity index (χ4n) is 2.38. The number of amides is 2. The number of benzene rings is 2. The van der Waals surface area contributed by atoms with E-state index in [-0.39, 0.29) is 31.7 Å². The molecule has 0 aromatic heterocycles. The Bertz CT molecular complexity index is 751. The maximum atomic E-state index is 11.8. The molecule has 136 valence electrons. The molecule has 2 N–H and O–H groups in total. The summed E-state index contributed by atoms with van der Waals surface area (Å²) in [5.74, 6) is 1.02. The number of carbonyl (C=O) groups is 2. The van der Waals surface area contributed by atoms with E-state index in [1.807, 2.05) is 54.6 Å². The molecule has 2 aromatic carbocycles. The third kappa shape index (κ3) is 5.14. The number of fused-ring (bicyclic) bond motifs is 1. The van der Waals surface area contributed by atoms with Crippen LogP contribution >= 0.6 is 0 Å². The highest BCUT2D eigenvalue weighted by Gasteiger charge is 2.21. The summed E-state index contributed by atoms with van der Waals surface area (Å²) >= 11 is 0. The molecule has 2 aromatic rings. The smallest absolute Gasteiger partial charge is 0.407 e. The van der Waals surface area contributed by atoms with Gasteiger partial charge in [0.2, 0.25) is 5.91 Å². The second-order valence-corrected chi connectivity index (χ2v) is 5.72. The molecule has 0 spiro atoms. The second kappa shape index (κ2) is 8.75. The van der Waals surface area contributed by atoms with Gasteiger partial charge in [0, 0.05) is 0 Å². The number of carbonyl (C=O) groups excluding carboxylic acids is 2. The van der Waals surface area contributed by atoms with Gasteiger partial charge in [-0.2, -0.15) is 0 Å². The number of para-hydroxylation sites is 2. The van der Waals surface area contributed by atoms with Gasteiger partial charge in [-0.15, -0.1) is 0 Å². The molecule has 0 saturated heterocycles. The molecular weight excluding hydrogens is 336 g/mol. The fourth-order valence-corrected chi connectivity index (χ4v) is 2.38. The van der Waals surface area contributed by atoms with Gasteiger partial charge in [-0.05, 0) is 17.7 Å². The van der Waals surface area contributed by atoms with E-state index < -0.39 is 6.09 Å². The first-order chi connectivity index (χ1) is 12.7. The van der Waals surface area contributed by atoms with Crippen molar-refractivity contribution in [2.75, 3.05) is 19.7 Å². The second-order valence-electron chi connectivity index (χ2n) is 5.72. The molecule has 0 fully saturated rings. The Hall–Kier alpha value is -3.22. The number of hydrogen-bond acceptors (Lipinski definition) is 5. The molecule has 7 nitrogen and oxygen atoms in total. The lowest BCUT2D eigenvalue weighted by atomic mass is 10.2. The molecule has 1 aliphatic heterocycles. The molecule has 1 unspecified atom stereocenters. The Morgan fingerprint density at radius 3 is 2.54 bits per heavy atom. The summed E-state index contributed by atoms with van der Waals surface area (Å²) in [6, 6.07) is 16.7. The largest absolute Gasteiger partial charge is 0.486 e. The third-order valence-electron chi connectivity index (χ3n) is 3.70. The Morgan fingerprint density at radius 1 is 1.00 bits per heavy atom. The van der Waals surface area contributed by atoms with Gasteiger partial charge < -0.3 is 24.8 Å². The van der Waals surface area contributed by atoms with Crippen molar-refractivity contribution in [3.8, 4) is 11.5 Å². The minimum atomic E-state index is -0.643. The average Bonchev–Trinajstić information content (AvgIpc) is 2.69. The first kappa shape index (κ1) is 17.6. The van der Waals surface area contributed by atoms with E-state index in [4.69, 9.17) is 14.2 Å². The van der Waals surface area contributed by atoms with Crippen molar-refractivity contribution in [1.82, 2.24) is 10.6 Å². The molecule has 0 radical (unpaired) electrons. The van der Waals surface area contributed by atoms with E-state index in [9.17, 15) is 9.59 Å². The highest BCUT2D eigenvalue weighted by atomic mass is 16.6. The lowest BCUT2D eigenvalue weighted by Gasteiger charge is -2.26. The van der Waals surface area contributed by atoms with Crippen molar-refractivity contribution in [1.29, 1.82) is 0 Å². The zero-order valence-electron chi connectivity index (χ0n) is 14.1. The minimum absolute atomic E-state index is 0.154. The fraction of sp³-hybridized carbons (Fsp3) is 0.263. The molecule has 3 rings (SSSR count). The highest BCUT2D eigenvalue weighted by molar-refractivity contribution is 5.82. The van der Waals surface area contributed by atoms with Crippen molar-refractivity contribution in [2.24, 2.45) is 0 Å². The summed E-state index contributed by atoms with van der Waals surface area (Å²) < 4.78 is 16.4. The number of alkyl carbamates (subject to hydrolysis) is 1. The lowest BCUT2D eigenvalue weighted by Crippen LogP contribution is -2.44. The van der Waals surface area contributed by atoms with Gasteiger partial charge in [-0.3, -0.25) is 4.79 Å². The van der Waals surface area contributed by atoms with Crippen LogP contribution in [-0.4, -0.2) is 37.8 Å². The predicted molar refractivity (Wildman–Crippen MR) is 94.0 cm³/mol. The van der Waals surface area contributed by atoms with Crippen LogP contribution in [0.3, 0.4) is 0 Å². The summed E-state index contributed by atoms with van der Waals surface area (Å²) in [5.41, 5.74) is 0.877. The van der Waals surface area contributed by atoms with Crippen LogP contribution in [0.25, 0.3) is 0 Å². The topological polar surface area (TPSA) is 85.9 Å². The molecule has 7 heteroatoms. The first-order valence-corrected chi connectivity index (χ1v) is 8.30. The Balaban J connectivity index is 1.32. The van der Waals surface area contributed by atoms with E-state index in [0.717, 1.165) is 5.56 Å². The van der Waals surface area contributed by atoms with E-state index in [1.165, 1.54) is 0 Å². The summed E-state index contributed by atoms with van der Waals surface area (Å²) in [7, 11) is 0. The Kier molecular flexibility index (Phi) is 5.92. The monoisotopic (exact) mass is 356 g/mol. The van der Waals surface area contributed by atoms with Crippen LogP contribution in [0.4, 0.5) is 4.79 Å². The Labute approximate surface area is 151 Å². The van der Waals surface area contributed by atoms with Gasteiger partial charge in [0.25, 0.3) is 0 Å². The maximum absolute atomic E-state index is 11.8. The van der Waals surface area contributed by atoms with Crippen molar-refractivity contribution in [3.05, 3.63) is 60.2 Å². The van der Waals surface area contributed by atoms with E-state index in [1.54, 1.807) is 0 Å². The van der Waals surface area contributed by atoms with Crippen molar-refractivity contribution < 1.29 is 23.8 Å².